The molecule has 58 valence electrons. The number of oxime groups is 1. The molecule has 1 unspecified atom stereocenters. The lowest BCUT2D eigenvalue weighted by Gasteiger charge is -2.06. The summed E-state index contributed by atoms with van der Waals surface area (Å²) in [6.45, 7) is 3.59. The predicted octanol–water partition coefficient (Wildman–Crippen LogP) is 1.20. The molecular weight excluding hydrogens is 168 g/mol. The highest BCUT2D eigenvalue weighted by Gasteiger charge is 2.07. The first-order chi connectivity index (χ1) is 4.57. The van der Waals surface area contributed by atoms with Crippen LogP contribution in [0.3, 0.4) is 0 Å². The summed E-state index contributed by atoms with van der Waals surface area (Å²) >= 11 is 5.95. The van der Waals surface area contributed by atoms with Crippen LogP contribution in [0, 0.1) is 0 Å². The van der Waals surface area contributed by atoms with E-state index in [1.54, 1.807) is 6.92 Å². The molecule has 0 saturated carbocycles. The minimum atomic E-state index is 0.0579. The van der Waals surface area contributed by atoms with Gasteiger partial charge in [-0.3, -0.25) is 0 Å². The Morgan fingerprint density at radius 3 is 2.60 bits per heavy atom. The van der Waals surface area contributed by atoms with Crippen molar-refractivity contribution < 1.29 is 5.21 Å². The predicted molar refractivity (Wildman–Crippen MR) is 48.7 cm³/mol. The molecular formula is C5H10N2OS2. The molecule has 0 spiro atoms. The Hall–Kier alpha value is -0.290. The number of hydrogen-bond acceptors (Lipinski definition) is 4. The molecule has 10 heavy (non-hydrogen) atoms. The topological polar surface area (TPSA) is 58.6 Å². The molecule has 0 amide bonds. The van der Waals surface area contributed by atoms with E-state index in [2.05, 4.69) is 17.4 Å². The largest absolute Gasteiger partial charge is 0.411 e. The average Bonchev–Trinajstić information content (AvgIpc) is 1.85. The molecule has 1 atom stereocenters. The van der Waals surface area contributed by atoms with Crippen molar-refractivity contribution in [3.63, 3.8) is 0 Å². The van der Waals surface area contributed by atoms with E-state index in [0.717, 1.165) is 0 Å². The molecule has 0 fully saturated rings. The molecule has 3 nitrogen and oxygen atoms in total. The summed E-state index contributed by atoms with van der Waals surface area (Å²) in [5.74, 6) is 0. The second kappa shape index (κ2) is 4.51. The van der Waals surface area contributed by atoms with Crippen LogP contribution < -0.4 is 5.73 Å². The number of thiocarbonyl (C=S) groups is 1. The number of thioether (sulfide) groups is 1. The van der Waals surface area contributed by atoms with Crippen LogP contribution in [0.15, 0.2) is 5.16 Å². The van der Waals surface area contributed by atoms with Gasteiger partial charge in [-0.25, -0.2) is 0 Å². The minimum absolute atomic E-state index is 0.0579. The molecule has 0 bridgehead atoms. The summed E-state index contributed by atoms with van der Waals surface area (Å²) in [7, 11) is 0. The van der Waals surface area contributed by atoms with Crippen LogP contribution in [0.25, 0.3) is 0 Å². The Morgan fingerprint density at radius 2 is 2.30 bits per heavy atom. The molecule has 0 aromatic carbocycles. The van der Waals surface area contributed by atoms with Crippen molar-refractivity contribution in [2.24, 2.45) is 10.9 Å². The fraction of sp³-hybridized carbons (Fsp3) is 0.600. The highest BCUT2D eigenvalue weighted by Crippen LogP contribution is 2.11. The molecule has 3 N–H and O–H groups in total. The smallest absolute Gasteiger partial charge is 0.131 e. The maximum Gasteiger partial charge on any atom is 0.131 e. The van der Waals surface area contributed by atoms with E-state index >= 15 is 0 Å². The number of nitrogens with two attached hydrogens (primary N) is 1. The monoisotopic (exact) mass is 178 g/mol. The molecule has 0 aliphatic carbocycles. The highest BCUT2D eigenvalue weighted by molar-refractivity contribution is 8.23. The van der Waals surface area contributed by atoms with Crippen molar-refractivity contribution >= 4 is 34.0 Å². The van der Waals surface area contributed by atoms with Crippen LogP contribution >= 0.6 is 24.0 Å². The molecule has 0 aliphatic heterocycles. The van der Waals surface area contributed by atoms with Crippen LogP contribution in [0.5, 0.6) is 0 Å². The number of nitrogens with zero attached hydrogens (tertiary/aromatic N) is 1. The molecule has 0 radical (unpaired) electrons. The zero-order valence-corrected chi connectivity index (χ0v) is 7.50. The number of rotatable bonds is 2. The maximum atomic E-state index is 8.31. The van der Waals surface area contributed by atoms with E-state index in [1.165, 1.54) is 11.8 Å². The third-order valence-corrected chi connectivity index (χ3v) is 2.25. The normalized spacial score (nSPS) is 14.8. The zero-order valence-electron chi connectivity index (χ0n) is 5.87. The standard InChI is InChI=1S/C5H10N2OS2/c1-3(7-8)4(2)10-5(6)9/h4,8H,1-2H3,(H2,6,9)/b7-3+. The number of hydrogen-bond donors (Lipinski definition) is 2. The van der Waals surface area contributed by atoms with E-state index < -0.39 is 0 Å². The first-order valence-corrected chi connectivity index (χ1v) is 4.01. The Labute approximate surface area is 69.7 Å². The third-order valence-electron chi connectivity index (χ3n) is 1.04. The summed E-state index contributed by atoms with van der Waals surface area (Å²) in [6.07, 6.45) is 0. The van der Waals surface area contributed by atoms with Gasteiger partial charge in [-0.1, -0.05) is 29.1 Å². The minimum Gasteiger partial charge on any atom is -0.411 e. The van der Waals surface area contributed by atoms with E-state index in [0.29, 0.717) is 10.0 Å². The van der Waals surface area contributed by atoms with Gasteiger partial charge in [0.15, 0.2) is 0 Å². The van der Waals surface area contributed by atoms with Gasteiger partial charge in [-0.05, 0) is 13.8 Å². The van der Waals surface area contributed by atoms with Gasteiger partial charge in [0.25, 0.3) is 0 Å². The van der Waals surface area contributed by atoms with Crippen LogP contribution in [0.1, 0.15) is 13.8 Å². The first kappa shape index (κ1) is 9.71. The lowest BCUT2D eigenvalue weighted by molar-refractivity contribution is 0.318. The Bertz CT molecular complexity index is 158. The van der Waals surface area contributed by atoms with E-state index in [-0.39, 0.29) is 5.25 Å². The van der Waals surface area contributed by atoms with Gasteiger partial charge < -0.3 is 10.9 Å². The lowest BCUT2D eigenvalue weighted by atomic mass is 10.3. The fourth-order valence-electron chi connectivity index (χ4n) is 0.341. The Morgan fingerprint density at radius 1 is 1.80 bits per heavy atom. The summed E-state index contributed by atoms with van der Waals surface area (Å²) in [6, 6.07) is 0. The molecule has 0 aliphatic rings. The zero-order chi connectivity index (χ0) is 8.15. The van der Waals surface area contributed by atoms with Gasteiger partial charge in [0, 0.05) is 0 Å². The van der Waals surface area contributed by atoms with E-state index in [1.807, 2.05) is 6.92 Å². The van der Waals surface area contributed by atoms with Crippen LogP contribution in [0.4, 0.5) is 0 Å². The third kappa shape index (κ3) is 3.68. The molecule has 0 heterocycles. The Kier molecular flexibility index (Phi) is 4.38. The molecule has 0 aromatic rings. The second-order valence-electron chi connectivity index (χ2n) is 1.82. The molecule has 0 aromatic heterocycles. The van der Waals surface area contributed by atoms with Crippen molar-refractivity contribution in [3.05, 3.63) is 0 Å². The van der Waals surface area contributed by atoms with Crippen LogP contribution in [-0.4, -0.2) is 20.5 Å². The van der Waals surface area contributed by atoms with Gasteiger partial charge in [-0.15, -0.1) is 0 Å². The Balaban J connectivity index is 3.85. The lowest BCUT2D eigenvalue weighted by Crippen LogP contribution is -2.15. The average molecular weight is 178 g/mol. The first-order valence-electron chi connectivity index (χ1n) is 2.72. The molecule has 5 heteroatoms. The molecule has 0 saturated heterocycles. The van der Waals surface area contributed by atoms with Crippen molar-refractivity contribution in [2.45, 2.75) is 19.1 Å². The summed E-state index contributed by atoms with van der Waals surface area (Å²) in [5, 5.41) is 11.4. The van der Waals surface area contributed by atoms with Crippen molar-refractivity contribution in [3.8, 4) is 0 Å². The van der Waals surface area contributed by atoms with Gasteiger partial charge in [0.2, 0.25) is 0 Å². The summed E-state index contributed by atoms with van der Waals surface area (Å²) in [5.41, 5.74) is 5.87. The molecule has 0 rings (SSSR count). The highest BCUT2D eigenvalue weighted by atomic mass is 32.2. The van der Waals surface area contributed by atoms with Gasteiger partial charge >= 0.3 is 0 Å². The van der Waals surface area contributed by atoms with Gasteiger partial charge in [-0.2, -0.15) is 0 Å². The van der Waals surface area contributed by atoms with Crippen LogP contribution in [0.2, 0.25) is 0 Å². The summed E-state index contributed by atoms with van der Waals surface area (Å²) in [4.78, 5) is 0. The van der Waals surface area contributed by atoms with Crippen molar-refractivity contribution in [1.29, 1.82) is 0 Å². The second-order valence-corrected chi connectivity index (χ2v) is 3.90. The fourth-order valence-corrected chi connectivity index (χ4v) is 1.34. The van der Waals surface area contributed by atoms with Crippen molar-refractivity contribution in [1.82, 2.24) is 0 Å². The van der Waals surface area contributed by atoms with E-state index in [9.17, 15) is 0 Å². The van der Waals surface area contributed by atoms with Gasteiger partial charge in [0.1, 0.15) is 4.32 Å². The quantitative estimate of drug-likeness (QED) is 0.289. The van der Waals surface area contributed by atoms with Gasteiger partial charge in [0.05, 0.1) is 11.0 Å². The van der Waals surface area contributed by atoms with Crippen molar-refractivity contribution in [2.75, 3.05) is 0 Å². The SMILES string of the molecule is C/C(=N\O)C(C)SC(N)=S. The summed E-state index contributed by atoms with van der Waals surface area (Å²) < 4.78 is 0.371. The maximum absolute atomic E-state index is 8.31. The van der Waals surface area contributed by atoms with E-state index in [4.69, 9.17) is 10.9 Å². The van der Waals surface area contributed by atoms with Crippen LogP contribution in [-0.2, 0) is 0 Å².